The van der Waals surface area contributed by atoms with Crippen molar-refractivity contribution in [2.45, 2.75) is 45.7 Å². The maximum absolute atomic E-state index is 6.51. The van der Waals surface area contributed by atoms with Crippen LogP contribution in [-0.2, 0) is 24.9 Å². The summed E-state index contributed by atoms with van der Waals surface area (Å²) in [4.78, 5) is 0. The van der Waals surface area contributed by atoms with Gasteiger partial charge < -0.3 is 5.73 Å². The zero-order valence-electron chi connectivity index (χ0n) is 12.4. The first-order chi connectivity index (χ1) is 9.46. The van der Waals surface area contributed by atoms with Gasteiger partial charge in [0.2, 0.25) is 0 Å². The highest BCUT2D eigenvalue weighted by Gasteiger charge is 2.24. The minimum Gasteiger partial charge on any atom is -0.321 e. The number of rotatable bonds is 5. The molecule has 0 saturated carbocycles. The summed E-state index contributed by atoms with van der Waals surface area (Å²) in [6.45, 7) is 7.12. The third-order valence-electron chi connectivity index (χ3n) is 3.61. The van der Waals surface area contributed by atoms with Crippen LogP contribution in [0.3, 0.4) is 0 Å². The van der Waals surface area contributed by atoms with Gasteiger partial charge in [-0.15, -0.1) is 0 Å². The average Bonchev–Trinajstić information content (AvgIpc) is 2.80. The molecule has 3 nitrogen and oxygen atoms in total. The lowest BCUT2D eigenvalue weighted by atomic mass is 9.88. The van der Waals surface area contributed by atoms with Crippen LogP contribution in [0.2, 0.25) is 5.02 Å². The van der Waals surface area contributed by atoms with Crippen LogP contribution in [-0.4, -0.2) is 9.78 Å². The maximum atomic E-state index is 6.51. The molecule has 1 heterocycles. The van der Waals surface area contributed by atoms with Crippen molar-refractivity contribution in [1.82, 2.24) is 9.78 Å². The van der Waals surface area contributed by atoms with E-state index >= 15 is 0 Å². The molecule has 1 unspecified atom stereocenters. The van der Waals surface area contributed by atoms with Crippen molar-refractivity contribution in [3.8, 4) is 0 Å². The first-order valence-corrected chi connectivity index (χ1v) is 7.44. The molecule has 1 aromatic carbocycles. The summed E-state index contributed by atoms with van der Waals surface area (Å²) in [5.41, 5.74) is 9.40. The second kappa shape index (κ2) is 5.98. The topological polar surface area (TPSA) is 43.8 Å². The number of hydrogen-bond donors (Lipinski definition) is 1. The summed E-state index contributed by atoms with van der Waals surface area (Å²) in [5, 5.41) is 5.30. The number of nitrogens with two attached hydrogens (primary N) is 1. The highest BCUT2D eigenvalue weighted by molar-refractivity contribution is 6.30. The Kier molecular flexibility index (Phi) is 4.51. The molecule has 1 aromatic heterocycles. The van der Waals surface area contributed by atoms with Gasteiger partial charge in [-0.2, -0.15) is 5.10 Å². The second-order valence-electron chi connectivity index (χ2n) is 5.40. The Hall–Kier alpha value is -1.32. The van der Waals surface area contributed by atoms with Gasteiger partial charge in [-0.1, -0.05) is 30.7 Å². The van der Waals surface area contributed by atoms with Crippen LogP contribution < -0.4 is 5.73 Å². The van der Waals surface area contributed by atoms with Crippen LogP contribution in [0.4, 0.5) is 0 Å². The second-order valence-corrected chi connectivity index (χ2v) is 5.84. The molecular weight excluding hydrogens is 270 g/mol. The zero-order valence-corrected chi connectivity index (χ0v) is 13.1. The van der Waals surface area contributed by atoms with E-state index in [4.69, 9.17) is 17.3 Å². The molecule has 0 amide bonds. The van der Waals surface area contributed by atoms with Crippen molar-refractivity contribution in [2.24, 2.45) is 5.73 Å². The largest absolute Gasteiger partial charge is 0.321 e. The lowest BCUT2D eigenvalue weighted by Crippen LogP contribution is -2.36. The minimum atomic E-state index is -0.455. The van der Waals surface area contributed by atoms with Crippen molar-refractivity contribution in [2.75, 3.05) is 0 Å². The number of aryl methyl sites for hydroxylation is 2. The van der Waals surface area contributed by atoms with Gasteiger partial charge in [0.05, 0.1) is 5.69 Å². The van der Waals surface area contributed by atoms with E-state index in [0.29, 0.717) is 0 Å². The van der Waals surface area contributed by atoms with Crippen LogP contribution in [0.15, 0.2) is 30.3 Å². The Morgan fingerprint density at radius 3 is 2.65 bits per heavy atom. The van der Waals surface area contributed by atoms with E-state index in [2.05, 4.69) is 25.0 Å². The number of halogens is 1. The third kappa shape index (κ3) is 3.22. The van der Waals surface area contributed by atoms with Crippen LogP contribution in [0.1, 0.15) is 37.7 Å². The molecule has 0 radical (unpaired) electrons. The van der Waals surface area contributed by atoms with Gasteiger partial charge in [0, 0.05) is 29.2 Å². The molecular formula is C16H22ClN3. The van der Waals surface area contributed by atoms with E-state index in [-0.39, 0.29) is 0 Å². The molecule has 0 fully saturated rings. The van der Waals surface area contributed by atoms with E-state index in [1.807, 2.05) is 35.9 Å². The molecule has 2 aromatic rings. The summed E-state index contributed by atoms with van der Waals surface area (Å²) >= 11 is 6.07. The molecule has 0 aliphatic carbocycles. The average molecular weight is 292 g/mol. The van der Waals surface area contributed by atoms with Gasteiger partial charge in [-0.25, -0.2) is 0 Å². The number of hydrogen-bond acceptors (Lipinski definition) is 2. The smallest absolute Gasteiger partial charge is 0.0624 e. The summed E-state index contributed by atoms with van der Waals surface area (Å²) in [6.07, 6.45) is 1.69. The molecule has 0 bridgehead atoms. The predicted molar refractivity (Wildman–Crippen MR) is 84.0 cm³/mol. The summed E-state index contributed by atoms with van der Waals surface area (Å²) in [6, 6.07) is 9.93. The van der Waals surface area contributed by atoms with Gasteiger partial charge in [-0.3, -0.25) is 4.68 Å². The van der Waals surface area contributed by atoms with Crippen LogP contribution >= 0.6 is 11.6 Å². The Balaban J connectivity index is 2.30. The number of nitrogens with zero attached hydrogens (tertiary/aromatic N) is 2. The maximum Gasteiger partial charge on any atom is 0.0624 e. The number of benzene rings is 1. The Bertz CT molecular complexity index is 587. The fourth-order valence-electron chi connectivity index (χ4n) is 2.43. The quantitative estimate of drug-likeness (QED) is 0.916. The standard InChI is InChI=1S/C16H22ClN3/c1-4-14-10-15(20(5-2)19-14)11-16(3,18)12-7-6-8-13(17)9-12/h6-10H,4-5,11,18H2,1-3H3. The minimum absolute atomic E-state index is 0.455. The third-order valence-corrected chi connectivity index (χ3v) is 3.84. The van der Waals surface area contributed by atoms with Gasteiger partial charge in [0.1, 0.15) is 0 Å². The Labute approximate surface area is 125 Å². The monoisotopic (exact) mass is 291 g/mol. The van der Waals surface area contributed by atoms with Crippen molar-refractivity contribution in [3.05, 3.63) is 52.3 Å². The summed E-state index contributed by atoms with van der Waals surface area (Å²) in [5.74, 6) is 0. The molecule has 0 aliphatic rings. The lowest BCUT2D eigenvalue weighted by Gasteiger charge is -2.25. The SMILES string of the molecule is CCc1cc(CC(C)(N)c2cccc(Cl)c2)n(CC)n1. The van der Waals surface area contributed by atoms with Gasteiger partial charge in [-0.05, 0) is 44.0 Å². The summed E-state index contributed by atoms with van der Waals surface area (Å²) < 4.78 is 2.04. The highest BCUT2D eigenvalue weighted by Crippen LogP contribution is 2.25. The molecule has 2 N–H and O–H groups in total. The molecule has 108 valence electrons. The fourth-order valence-corrected chi connectivity index (χ4v) is 2.62. The van der Waals surface area contributed by atoms with E-state index < -0.39 is 5.54 Å². The van der Waals surface area contributed by atoms with Gasteiger partial charge in [0.15, 0.2) is 0 Å². The molecule has 4 heteroatoms. The van der Waals surface area contributed by atoms with Crippen molar-refractivity contribution < 1.29 is 0 Å². The molecule has 20 heavy (non-hydrogen) atoms. The Morgan fingerprint density at radius 2 is 2.05 bits per heavy atom. The zero-order chi connectivity index (χ0) is 14.8. The van der Waals surface area contributed by atoms with Gasteiger partial charge in [0.25, 0.3) is 0 Å². The van der Waals surface area contributed by atoms with Crippen molar-refractivity contribution in [3.63, 3.8) is 0 Å². The van der Waals surface area contributed by atoms with E-state index in [1.165, 1.54) is 5.69 Å². The first-order valence-electron chi connectivity index (χ1n) is 7.06. The Morgan fingerprint density at radius 1 is 1.30 bits per heavy atom. The molecule has 0 saturated heterocycles. The molecule has 0 aliphatic heterocycles. The van der Waals surface area contributed by atoms with E-state index in [9.17, 15) is 0 Å². The van der Waals surface area contributed by atoms with E-state index in [1.54, 1.807) is 0 Å². The fraction of sp³-hybridized carbons (Fsp3) is 0.438. The van der Waals surface area contributed by atoms with Crippen molar-refractivity contribution in [1.29, 1.82) is 0 Å². The first kappa shape index (κ1) is 15.1. The number of aromatic nitrogens is 2. The van der Waals surface area contributed by atoms with Crippen LogP contribution in [0.25, 0.3) is 0 Å². The molecule has 1 atom stereocenters. The summed E-state index contributed by atoms with van der Waals surface area (Å²) in [7, 11) is 0. The highest BCUT2D eigenvalue weighted by atomic mass is 35.5. The molecule has 2 rings (SSSR count). The van der Waals surface area contributed by atoms with Gasteiger partial charge >= 0.3 is 0 Å². The van der Waals surface area contributed by atoms with Crippen molar-refractivity contribution >= 4 is 11.6 Å². The predicted octanol–water partition coefficient (Wildman–Crippen LogP) is 3.54. The van der Waals surface area contributed by atoms with E-state index in [0.717, 1.165) is 35.7 Å². The van der Waals surface area contributed by atoms with Crippen LogP contribution in [0.5, 0.6) is 0 Å². The normalized spacial score (nSPS) is 14.2. The molecule has 0 spiro atoms. The lowest BCUT2D eigenvalue weighted by molar-refractivity contribution is 0.463. The van der Waals surface area contributed by atoms with Crippen LogP contribution in [0, 0.1) is 0 Å².